The zero-order valence-corrected chi connectivity index (χ0v) is 12.8. The third-order valence-electron chi connectivity index (χ3n) is 3.03. The summed E-state index contributed by atoms with van der Waals surface area (Å²) in [7, 11) is 0. The molecule has 0 spiro atoms. The predicted molar refractivity (Wildman–Crippen MR) is 81.6 cm³/mol. The van der Waals surface area contributed by atoms with E-state index < -0.39 is 0 Å². The number of nitrogens with one attached hydrogen (secondary N) is 1. The number of imidazole rings is 1. The first-order chi connectivity index (χ1) is 9.19. The fourth-order valence-corrected chi connectivity index (χ4v) is 2.95. The molecule has 2 aromatic heterocycles. The monoisotopic (exact) mass is 277 g/mol. The van der Waals surface area contributed by atoms with Crippen LogP contribution in [0.4, 0.5) is 0 Å². The van der Waals surface area contributed by atoms with Gasteiger partial charge in [0.1, 0.15) is 5.82 Å². The summed E-state index contributed by atoms with van der Waals surface area (Å²) in [5.41, 5.74) is 0. The molecule has 19 heavy (non-hydrogen) atoms. The molecule has 0 bridgehead atoms. The molecule has 2 aromatic rings. The van der Waals surface area contributed by atoms with Gasteiger partial charge in [-0.1, -0.05) is 20.8 Å². The number of rotatable bonds is 7. The van der Waals surface area contributed by atoms with Gasteiger partial charge in [0.25, 0.3) is 0 Å². The Hall–Kier alpha value is -1.13. The van der Waals surface area contributed by atoms with Gasteiger partial charge in [-0.2, -0.15) is 0 Å². The highest BCUT2D eigenvalue weighted by Crippen LogP contribution is 2.18. The Bertz CT molecular complexity index is 499. The van der Waals surface area contributed by atoms with E-state index in [-0.39, 0.29) is 0 Å². The number of thiophene rings is 1. The quantitative estimate of drug-likeness (QED) is 0.841. The lowest BCUT2D eigenvalue weighted by Crippen LogP contribution is -2.21. The maximum absolute atomic E-state index is 4.44. The van der Waals surface area contributed by atoms with Gasteiger partial charge in [0, 0.05) is 22.1 Å². The van der Waals surface area contributed by atoms with Crippen LogP contribution < -0.4 is 5.32 Å². The summed E-state index contributed by atoms with van der Waals surface area (Å²) in [6.07, 6.45) is 5.08. The second-order valence-electron chi connectivity index (χ2n) is 5.22. The standard InChI is InChI=1S/C15H23N3S/c1-4-13-5-6-14(19-13)11-18-8-7-17-15(18)10-16-9-12(2)3/h5-8,12,16H,4,9-11H2,1-3H3. The molecule has 0 saturated carbocycles. The molecule has 0 amide bonds. The van der Waals surface area contributed by atoms with E-state index in [2.05, 4.69) is 54.0 Å². The molecule has 0 fully saturated rings. The summed E-state index contributed by atoms with van der Waals surface area (Å²) in [5, 5.41) is 3.45. The first-order valence-electron chi connectivity index (χ1n) is 6.97. The van der Waals surface area contributed by atoms with Crippen LogP contribution in [0.25, 0.3) is 0 Å². The van der Waals surface area contributed by atoms with Crippen molar-refractivity contribution >= 4 is 11.3 Å². The Morgan fingerprint density at radius 2 is 2.11 bits per heavy atom. The average Bonchev–Trinajstić information content (AvgIpc) is 2.99. The van der Waals surface area contributed by atoms with Gasteiger partial charge in [-0.3, -0.25) is 0 Å². The number of aromatic nitrogens is 2. The van der Waals surface area contributed by atoms with Crippen LogP contribution in [0.15, 0.2) is 24.5 Å². The van der Waals surface area contributed by atoms with Crippen molar-refractivity contribution in [2.75, 3.05) is 6.54 Å². The fourth-order valence-electron chi connectivity index (χ4n) is 1.99. The number of nitrogens with zero attached hydrogens (tertiary/aromatic N) is 2. The Kier molecular flexibility index (Phi) is 5.16. The van der Waals surface area contributed by atoms with Gasteiger partial charge < -0.3 is 9.88 Å². The Balaban J connectivity index is 1.95. The molecule has 0 atom stereocenters. The molecule has 2 heterocycles. The van der Waals surface area contributed by atoms with Crippen molar-refractivity contribution in [3.05, 3.63) is 40.1 Å². The Morgan fingerprint density at radius 3 is 2.79 bits per heavy atom. The Labute approximate surface area is 119 Å². The van der Waals surface area contributed by atoms with Crippen LogP contribution in [0, 0.1) is 5.92 Å². The normalized spacial score (nSPS) is 11.4. The van der Waals surface area contributed by atoms with Crippen molar-refractivity contribution in [1.82, 2.24) is 14.9 Å². The lowest BCUT2D eigenvalue weighted by Gasteiger charge is -2.09. The van der Waals surface area contributed by atoms with Crippen LogP contribution in [0.5, 0.6) is 0 Å². The maximum Gasteiger partial charge on any atom is 0.122 e. The molecule has 0 aliphatic heterocycles. The highest BCUT2D eigenvalue weighted by molar-refractivity contribution is 7.11. The molecule has 0 saturated heterocycles. The van der Waals surface area contributed by atoms with Crippen LogP contribution in [-0.4, -0.2) is 16.1 Å². The zero-order chi connectivity index (χ0) is 13.7. The minimum Gasteiger partial charge on any atom is -0.329 e. The van der Waals surface area contributed by atoms with E-state index in [0.29, 0.717) is 5.92 Å². The largest absolute Gasteiger partial charge is 0.329 e. The van der Waals surface area contributed by atoms with Crippen molar-refractivity contribution in [3.8, 4) is 0 Å². The van der Waals surface area contributed by atoms with E-state index in [1.165, 1.54) is 9.75 Å². The molecular formula is C15H23N3S. The third-order valence-corrected chi connectivity index (χ3v) is 4.24. The van der Waals surface area contributed by atoms with Gasteiger partial charge in [0.2, 0.25) is 0 Å². The minimum absolute atomic E-state index is 0.674. The Morgan fingerprint density at radius 1 is 1.32 bits per heavy atom. The van der Waals surface area contributed by atoms with E-state index in [9.17, 15) is 0 Å². The van der Waals surface area contributed by atoms with E-state index in [4.69, 9.17) is 0 Å². The second-order valence-corrected chi connectivity index (χ2v) is 6.47. The van der Waals surface area contributed by atoms with E-state index in [0.717, 1.165) is 31.9 Å². The third kappa shape index (κ3) is 4.18. The summed E-state index contributed by atoms with van der Waals surface area (Å²) in [5.74, 6) is 1.79. The van der Waals surface area contributed by atoms with Crippen LogP contribution in [0.3, 0.4) is 0 Å². The van der Waals surface area contributed by atoms with Crippen molar-refractivity contribution in [1.29, 1.82) is 0 Å². The predicted octanol–water partition coefficient (Wildman–Crippen LogP) is 3.30. The number of hydrogen-bond acceptors (Lipinski definition) is 3. The van der Waals surface area contributed by atoms with E-state index in [1.807, 2.05) is 17.5 Å². The molecule has 4 heteroatoms. The van der Waals surface area contributed by atoms with Crippen molar-refractivity contribution < 1.29 is 0 Å². The highest BCUT2D eigenvalue weighted by Gasteiger charge is 2.05. The first-order valence-corrected chi connectivity index (χ1v) is 7.79. The SMILES string of the molecule is CCc1ccc(Cn2ccnc2CNCC(C)C)s1. The number of hydrogen-bond donors (Lipinski definition) is 1. The fraction of sp³-hybridized carbons (Fsp3) is 0.533. The molecule has 1 N–H and O–H groups in total. The van der Waals surface area contributed by atoms with Gasteiger partial charge in [-0.05, 0) is 31.0 Å². The van der Waals surface area contributed by atoms with Gasteiger partial charge in [-0.15, -0.1) is 11.3 Å². The van der Waals surface area contributed by atoms with Crippen LogP contribution >= 0.6 is 11.3 Å². The topological polar surface area (TPSA) is 29.9 Å². The van der Waals surface area contributed by atoms with Gasteiger partial charge in [0.15, 0.2) is 0 Å². The van der Waals surface area contributed by atoms with Crippen molar-refractivity contribution in [2.45, 2.75) is 40.3 Å². The lowest BCUT2D eigenvalue weighted by atomic mass is 10.2. The molecule has 0 aliphatic rings. The summed E-state index contributed by atoms with van der Waals surface area (Å²) in [4.78, 5) is 7.30. The van der Waals surface area contributed by atoms with Gasteiger partial charge in [0.05, 0.1) is 13.1 Å². The van der Waals surface area contributed by atoms with E-state index >= 15 is 0 Å². The maximum atomic E-state index is 4.44. The highest BCUT2D eigenvalue weighted by atomic mass is 32.1. The van der Waals surface area contributed by atoms with Crippen LogP contribution in [0.2, 0.25) is 0 Å². The first kappa shape index (κ1) is 14.3. The van der Waals surface area contributed by atoms with Crippen molar-refractivity contribution in [3.63, 3.8) is 0 Å². The molecule has 3 nitrogen and oxygen atoms in total. The second kappa shape index (κ2) is 6.87. The van der Waals surface area contributed by atoms with Gasteiger partial charge in [-0.25, -0.2) is 4.98 Å². The molecular weight excluding hydrogens is 254 g/mol. The smallest absolute Gasteiger partial charge is 0.122 e. The van der Waals surface area contributed by atoms with Crippen LogP contribution in [0.1, 0.15) is 36.3 Å². The molecule has 104 valence electrons. The molecule has 2 rings (SSSR count). The number of aryl methyl sites for hydroxylation is 1. The summed E-state index contributed by atoms with van der Waals surface area (Å²) < 4.78 is 2.23. The average molecular weight is 277 g/mol. The van der Waals surface area contributed by atoms with Crippen LogP contribution in [-0.2, 0) is 19.5 Å². The van der Waals surface area contributed by atoms with E-state index in [1.54, 1.807) is 0 Å². The summed E-state index contributed by atoms with van der Waals surface area (Å²) in [6.45, 7) is 9.45. The molecule has 0 aromatic carbocycles. The van der Waals surface area contributed by atoms with Crippen molar-refractivity contribution in [2.24, 2.45) is 5.92 Å². The molecule has 0 aliphatic carbocycles. The lowest BCUT2D eigenvalue weighted by molar-refractivity contribution is 0.533. The zero-order valence-electron chi connectivity index (χ0n) is 12.0. The molecule has 0 radical (unpaired) electrons. The summed E-state index contributed by atoms with van der Waals surface area (Å²) in [6, 6.07) is 4.46. The minimum atomic E-state index is 0.674. The summed E-state index contributed by atoms with van der Waals surface area (Å²) >= 11 is 1.90. The van der Waals surface area contributed by atoms with Gasteiger partial charge >= 0.3 is 0 Å². The molecule has 0 unspecified atom stereocenters.